The third-order valence-corrected chi connectivity index (χ3v) is 4.60. The molecule has 1 amide bonds. The van der Waals surface area contributed by atoms with Crippen LogP contribution in [0.15, 0.2) is 22.7 Å². The van der Waals surface area contributed by atoms with Crippen molar-refractivity contribution in [2.45, 2.75) is 45.2 Å². The van der Waals surface area contributed by atoms with E-state index in [1.165, 1.54) is 6.07 Å². The van der Waals surface area contributed by atoms with Crippen molar-refractivity contribution in [2.75, 3.05) is 13.1 Å². The van der Waals surface area contributed by atoms with E-state index in [2.05, 4.69) is 46.9 Å². The molecule has 21 heavy (non-hydrogen) atoms. The second-order valence-electron chi connectivity index (χ2n) is 6.53. The third-order valence-electron chi connectivity index (χ3n) is 3.96. The largest absolute Gasteiger partial charge is 0.349 e. The first kappa shape index (κ1) is 16.4. The zero-order chi connectivity index (χ0) is 15.6. The Labute approximate surface area is 134 Å². The number of carbonyl (C=O) groups is 1. The summed E-state index contributed by atoms with van der Waals surface area (Å²) >= 11 is 3.09. The Morgan fingerprint density at radius 2 is 1.95 bits per heavy atom. The maximum Gasteiger partial charge on any atom is 0.251 e. The van der Waals surface area contributed by atoms with Crippen LogP contribution >= 0.6 is 15.9 Å². The first-order valence-corrected chi connectivity index (χ1v) is 8.07. The average Bonchev–Trinajstić information content (AvgIpc) is 2.41. The molecule has 1 aromatic rings. The molecule has 2 rings (SSSR count). The van der Waals surface area contributed by atoms with E-state index in [9.17, 15) is 9.18 Å². The molecule has 0 saturated carbocycles. The summed E-state index contributed by atoms with van der Waals surface area (Å²) in [6.45, 7) is 8.57. The van der Waals surface area contributed by atoms with Crippen molar-refractivity contribution in [2.24, 2.45) is 0 Å². The van der Waals surface area contributed by atoms with Gasteiger partial charge in [-0.2, -0.15) is 0 Å². The molecular weight excluding hydrogens is 335 g/mol. The summed E-state index contributed by atoms with van der Waals surface area (Å²) < 4.78 is 13.8. The Morgan fingerprint density at radius 1 is 1.33 bits per heavy atom. The van der Waals surface area contributed by atoms with Gasteiger partial charge in [0, 0.05) is 30.2 Å². The quantitative estimate of drug-likeness (QED) is 0.878. The van der Waals surface area contributed by atoms with Gasteiger partial charge in [-0.25, -0.2) is 4.39 Å². The van der Waals surface area contributed by atoms with E-state index in [1.807, 2.05) is 0 Å². The fourth-order valence-electron chi connectivity index (χ4n) is 2.60. The lowest BCUT2D eigenvalue weighted by Gasteiger charge is -2.41. The van der Waals surface area contributed by atoms with Crippen LogP contribution in [0.25, 0.3) is 0 Å². The molecule has 1 N–H and O–H groups in total. The SMILES string of the molecule is CC(C)(C)N1CCC(NC(=O)c2ccc(Br)c(F)c2)CC1. The van der Waals surface area contributed by atoms with Crippen molar-refractivity contribution in [3.8, 4) is 0 Å². The van der Waals surface area contributed by atoms with Crippen LogP contribution in [0.4, 0.5) is 4.39 Å². The van der Waals surface area contributed by atoms with Crippen molar-refractivity contribution < 1.29 is 9.18 Å². The summed E-state index contributed by atoms with van der Waals surface area (Å²) in [5.74, 6) is -0.610. The second kappa shape index (κ2) is 6.44. The molecule has 1 fully saturated rings. The lowest BCUT2D eigenvalue weighted by atomic mass is 9.98. The predicted octanol–water partition coefficient (Wildman–Crippen LogP) is 3.58. The van der Waals surface area contributed by atoms with Crippen molar-refractivity contribution >= 4 is 21.8 Å². The molecule has 1 saturated heterocycles. The van der Waals surface area contributed by atoms with Crippen LogP contribution in [0.3, 0.4) is 0 Å². The Morgan fingerprint density at radius 3 is 2.48 bits per heavy atom. The molecule has 1 aliphatic heterocycles. The second-order valence-corrected chi connectivity index (χ2v) is 7.39. The van der Waals surface area contributed by atoms with Crippen LogP contribution in [-0.4, -0.2) is 35.5 Å². The lowest BCUT2D eigenvalue weighted by Crippen LogP contribution is -2.50. The van der Waals surface area contributed by atoms with E-state index < -0.39 is 5.82 Å². The Balaban J connectivity index is 1.91. The van der Waals surface area contributed by atoms with Gasteiger partial charge in [-0.1, -0.05) is 0 Å². The van der Waals surface area contributed by atoms with Crippen LogP contribution in [0.2, 0.25) is 0 Å². The Hall–Kier alpha value is -0.940. The normalized spacial score (nSPS) is 17.8. The molecule has 0 aliphatic carbocycles. The number of piperidine rings is 1. The molecule has 0 spiro atoms. The van der Waals surface area contributed by atoms with E-state index in [0.29, 0.717) is 10.0 Å². The highest BCUT2D eigenvalue weighted by atomic mass is 79.9. The van der Waals surface area contributed by atoms with E-state index >= 15 is 0 Å². The zero-order valence-corrected chi connectivity index (χ0v) is 14.3. The molecule has 0 unspecified atom stereocenters. The van der Waals surface area contributed by atoms with Crippen LogP contribution in [0.1, 0.15) is 44.0 Å². The van der Waals surface area contributed by atoms with Crippen LogP contribution in [0.5, 0.6) is 0 Å². The highest BCUT2D eigenvalue weighted by Crippen LogP contribution is 2.21. The molecule has 3 nitrogen and oxygen atoms in total. The highest BCUT2D eigenvalue weighted by molar-refractivity contribution is 9.10. The van der Waals surface area contributed by atoms with E-state index in [1.54, 1.807) is 12.1 Å². The van der Waals surface area contributed by atoms with Gasteiger partial charge in [0.15, 0.2) is 0 Å². The monoisotopic (exact) mass is 356 g/mol. The molecular formula is C16H22BrFN2O. The number of carbonyl (C=O) groups excluding carboxylic acids is 1. The molecule has 0 atom stereocenters. The minimum atomic E-state index is -0.412. The summed E-state index contributed by atoms with van der Waals surface area (Å²) in [5.41, 5.74) is 0.540. The standard InChI is InChI=1S/C16H22BrFN2O/c1-16(2,3)20-8-6-12(7-9-20)19-15(21)11-4-5-13(17)14(18)10-11/h4-5,10,12H,6-9H2,1-3H3,(H,19,21). The first-order valence-electron chi connectivity index (χ1n) is 7.28. The maximum atomic E-state index is 13.5. The van der Waals surface area contributed by atoms with Gasteiger partial charge in [-0.3, -0.25) is 9.69 Å². The molecule has 1 aromatic carbocycles. The molecule has 1 aliphatic rings. The molecule has 5 heteroatoms. The molecule has 0 radical (unpaired) electrons. The highest BCUT2D eigenvalue weighted by Gasteiger charge is 2.27. The number of rotatable bonds is 2. The van der Waals surface area contributed by atoms with E-state index in [0.717, 1.165) is 25.9 Å². The molecule has 0 aromatic heterocycles. The van der Waals surface area contributed by atoms with Gasteiger partial charge in [0.1, 0.15) is 5.82 Å². The fourth-order valence-corrected chi connectivity index (χ4v) is 2.85. The van der Waals surface area contributed by atoms with Gasteiger partial charge in [0.05, 0.1) is 4.47 Å². The topological polar surface area (TPSA) is 32.3 Å². The smallest absolute Gasteiger partial charge is 0.251 e. The molecule has 0 bridgehead atoms. The van der Waals surface area contributed by atoms with Crippen molar-refractivity contribution in [3.63, 3.8) is 0 Å². The molecule has 1 heterocycles. The van der Waals surface area contributed by atoms with E-state index in [-0.39, 0.29) is 17.5 Å². The van der Waals surface area contributed by atoms with Gasteiger partial charge in [-0.15, -0.1) is 0 Å². The Kier molecular flexibility index (Phi) is 5.04. The van der Waals surface area contributed by atoms with Crippen molar-refractivity contribution in [1.82, 2.24) is 10.2 Å². The molecule has 116 valence electrons. The summed E-state index contributed by atoms with van der Waals surface area (Å²) in [4.78, 5) is 14.6. The number of nitrogens with one attached hydrogen (secondary N) is 1. The van der Waals surface area contributed by atoms with Gasteiger partial charge in [-0.05, 0) is 67.7 Å². The van der Waals surface area contributed by atoms with Crippen LogP contribution in [0, 0.1) is 5.82 Å². The van der Waals surface area contributed by atoms with Crippen LogP contribution in [-0.2, 0) is 0 Å². The maximum absolute atomic E-state index is 13.5. The Bertz CT molecular complexity index is 519. The average molecular weight is 357 g/mol. The minimum absolute atomic E-state index is 0.169. The lowest BCUT2D eigenvalue weighted by molar-refractivity contribution is 0.0812. The number of likely N-dealkylation sites (tertiary alicyclic amines) is 1. The summed E-state index contributed by atoms with van der Waals surface area (Å²) in [7, 11) is 0. The van der Waals surface area contributed by atoms with Gasteiger partial charge in [0.25, 0.3) is 5.91 Å². The zero-order valence-electron chi connectivity index (χ0n) is 12.7. The minimum Gasteiger partial charge on any atom is -0.349 e. The predicted molar refractivity (Wildman–Crippen MR) is 85.9 cm³/mol. The van der Waals surface area contributed by atoms with Crippen LogP contribution < -0.4 is 5.32 Å². The number of hydrogen-bond donors (Lipinski definition) is 1. The van der Waals surface area contributed by atoms with Crippen molar-refractivity contribution in [3.05, 3.63) is 34.1 Å². The number of hydrogen-bond acceptors (Lipinski definition) is 2. The van der Waals surface area contributed by atoms with Gasteiger partial charge in [0.2, 0.25) is 0 Å². The number of nitrogens with zero attached hydrogens (tertiary/aromatic N) is 1. The summed E-state index contributed by atoms with van der Waals surface area (Å²) in [5, 5.41) is 3.01. The third kappa shape index (κ3) is 4.27. The number of amides is 1. The van der Waals surface area contributed by atoms with E-state index in [4.69, 9.17) is 0 Å². The van der Waals surface area contributed by atoms with Gasteiger partial charge < -0.3 is 5.32 Å². The van der Waals surface area contributed by atoms with Crippen molar-refractivity contribution in [1.29, 1.82) is 0 Å². The first-order chi connectivity index (χ1) is 9.77. The number of benzene rings is 1. The van der Waals surface area contributed by atoms with Gasteiger partial charge >= 0.3 is 0 Å². The fraction of sp³-hybridized carbons (Fsp3) is 0.562. The summed E-state index contributed by atoms with van der Waals surface area (Å²) in [6.07, 6.45) is 1.87. The summed E-state index contributed by atoms with van der Waals surface area (Å²) in [6, 6.07) is 4.63. The number of halogens is 2.